The Morgan fingerprint density at radius 2 is 2.18 bits per heavy atom. The molecule has 1 rings (SSSR count). The summed E-state index contributed by atoms with van der Waals surface area (Å²) < 4.78 is 28.5. The molecule has 0 amide bonds. The van der Waals surface area contributed by atoms with Gasteiger partial charge in [0.15, 0.2) is 13.1 Å². The molecule has 0 spiro atoms. The van der Waals surface area contributed by atoms with Gasteiger partial charge in [-0.2, -0.15) is 0 Å². The quantitative estimate of drug-likeness (QED) is 0.441. The molecule has 4 nitrogen and oxygen atoms in total. The Morgan fingerprint density at radius 1 is 1.41 bits per heavy atom. The van der Waals surface area contributed by atoms with Crippen molar-refractivity contribution < 1.29 is 23.4 Å². The highest BCUT2D eigenvalue weighted by molar-refractivity contribution is 9.10. The Morgan fingerprint density at radius 3 is 2.82 bits per heavy atom. The smallest absolute Gasteiger partial charge is 0.189 e. The lowest BCUT2D eigenvalue weighted by molar-refractivity contribution is -0.00903. The third kappa shape index (κ3) is 4.41. The van der Waals surface area contributed by atoms with Gasteiger partial charge in [0.05, 0.1) is 23.2 Å². The van der Waals surface area contributed by atoms with E-state index in [0.29, 0.717) is 24.0 Å². The molecule has 0 unspecified atom stereocenters. The number of methoxy groups -OCH3 is 1. The van der Waals surface area contributed by atoms with Crippen LogP contribution in [0.25, 0.3) is 0 Å². The topological polar surface area (TPSA) is 44.8 Å². The van der Waals surface area contributed by atoms with Crippen molar-refractivity contribution in [2.75, 3.05) is 27.1 Å². The van der Waals surface area contributed by atoms with E-state index in [1.165, 1.54) is 6.07 Å². The SMILES string of the molecule is COCCOCOc1c(Br)cc(F)cc1C=O. The highest BCUT2D eigenvalue weighted by Gasteiger charge is 2.10. The highest BCUT2D eigenvalue weighted by atomic mass is 79.9. The number of carbonyl (C=O) groups excluding carboxylic acids is 1. The van der Waals surface area contributed by atoms with Crippen LogP contribution in [-0.4, -0.2) is 33.4 Å². The zero-order chi connectivity index (χ0) is 12.7. The first-order chi connectivity index (χ1) is 8.19. The largest absolute Gasteiger partial charge is 0.466 e. The van der Waals surface area contributed by atoms with Crippen LogP contribution in [0, 0.1) is 5.82 Å². The summed E-state index contributed by atoms with van der Waals surface area (Å²) in [4.78, 5) is 10.7. The minimum Gasteiger partial charge on any atom is -0.466 e. The Bertz CT molecular complexity index is 384. The number of hydrogen-bond donors (Lipinski definition) is 0. The summed E-state index contributed by atoms with van der Waals surface area (Å²) in [6.07, 6.45) is 0.526. The molecule has 0 bridgehead atoms. The van der Waals surface area contributed by atoms with Crippen LogP contribution in [0.1, 0.15) is 10.4 Å². The van der Waals surface area contributed by atoms with E-state index >= 15 is 0 Å². The molecule has 0 N–H and O–H groups in total. The fourth-order valence-corrected chi connectivity index (χ4v) is 1.68. The summed E-state index contributed by atoms with van der Waals surface area (Å²) in [5.41, 5.74) is 0.132. The van der Waals surface area contributed by atoms with E-state index in [1.54, 1.807) is 7.11 Å². The van der Waals surface area contributed by atoms with Crippen LogP contribution in [0.3, 0.4) is 0 Å². The van der Waals surface area contributed by atoms with Crippen molar-refractivity contribution in [1.29, 1.82) is 0 Å². The first kappa shape index (κ1) is 14.1. The molecule has 0 aliphatic heterocycles. The van der Waals surface area contributed by atoms with Gasteiger partial charge in [0.1, 0.15) is 11.6 Å². The third-order valence-corrected chi connectivity index (χ3v) is 2.47. The zero-order valence-corrected chi connectivity index (χ0v) is 10.8. The molecule has 0 fully saturated rings. The number of rotatable bonds is 7. The predicted molar refractivity (Wildman–Crippen MR) is 62.8 cm³/mol. The van der Waals surface area contributed by atoms with Gasteiger partial charge in [-0.15, -0.1) is 0 Å². The van der Waals surface area contributed by atoms with E-state index in [0.717, 1.165) is 6.07 Å². The second-order valence-corrected chi connectivity index (χ2v) is 3.94. The van der Waals surface area contributed by atoms with E-state index in [2.05, 4.69) is 15.9 Å². The second-order valence-electron chi connectivity index (χ2n) is 3.09. The molecule has 0 aliphatic carbocycles. The van der Waals surface area contributed by atoms with Crippen LogP contribution in [0.15, 0.2) is 16.6 Å². The standard InChI is InChI=1S/C11H12BrFO4/c1-15-2-3-16-7-17-11-8(6-14)4-9(13)5-10(11)12/h4-6H,2-3,7H2,1H3. The second kappa shape index (κ2) is 7.37. The van der Waals surface area contributed by atoms with Crippen LogP contribution < -0.4 is 4.74 Å². The molecule has 1 aromatic rings. The molecule has 94 valence electrons. The molecule has 0 heterocycles. The third-order valence-electron chi connectivity index (χ3n) is 1.88. The van der Waals surface area contributed by atoms with Crippen molar-refractivity contribution in [3.63, 3.8) is 0 Å². The van der Waals surface area contributed by atoms with Gasteiger partial charge in [-0.25, -0.2) is 4.39 Å². The van der Waals surface area contributed by atoms with Crippen molar-refractivity contribution in [3.8, 4) is 5.75 Å². The molecule has 0 aromatic heterocycles. The van der Waals surface area contributed by atoms with E-state index in [4.69, 9.17) is 14.2 Å². The molecule has 6 heteroatoms. The maximum Gasteiger partial charge on any atom is 0.189 e. The summed E-state index contributed by atoms with van der Waals surface area (Å²) in [5.74, 6) is -0.245. The lowest BCUT2D eigenvalue weighted by Gasteiger charge is -2.10. The fourth-order valence-electron chi connectivity index (χ4n) is 1.12. The van der Waals surface area contributed by atoms with E-state index in [1.807, 2.05) is 0 Å². The van der Waals surface area contributed by atoms with Gasteiger partial charge < -0.3 is 14.2 Å². The fraction of sp³-hybridized carbons (Fsp3) is 0.364. The molecule has 0 saturated carbocycles. The Kier molecular flexibility index (Phi) is 6.10. The molecule has 17 heavy (non-hydrogen) atoms. The van der Waals surface area contributed by atoms with Crippen molar-refractivity contribution in [1.82, 2.24) is 0 Å². The number of carbonyl (C=O) groups is 1. The number of halogens is 2. The summed E-state index contributed by atoms with van der Waals surface area (Å²) >= 11 is 3.12. The van der Waals surface area contributed by atoms with Gasteiger partial charge in [-0.1, -0.05) is 0 Å². The number of benzene rings is 1. The maximum atomic E-state index is 13.0. The molecule has 1 aromatic carbocycles. The van der Waals surface area contributed by atoms with E-state index < -0.39 is 5.82 Å². The van der Waals surface area contributed by atoms with Crippen LogP contribution in [0.2, 0.25) is 0 Å². The van der Waals surface area contributed by atoms with Gasteiger partial charge in [0, 0.05) is 7.11 Å². The van der Waals surface area contributed by atoms with Crippen molar-refractivity contribution in [2.45, 2.75) is 0 Å². The lowest BCUT2D eigenvalue weighted by Crippen LogP contribution is -2.09. The lowest BCUT2D eigenvalue weighted by atomic mass is 10.2. The average Bonchev–Trinajstić information content (AvgIpc) is 2.30. The minimum absolute atomic E-state index is 0.0333. The van der Waals surface area contributed by atoms with E-state index in [9.17, 15) is 9.18 Å². The van der Waals surface area contributed by atoms with Crippen LogP contribution in [-0.2, 0) is 9.47 Å². The summed E-state index contributed by atoms with van der Waals surface area (Å²) in [6.45, 7) is 0.800. The van der Waals surface area contributed by atoms with Crippen LogP contribution in [0.4, 0.5) is 4.39 Å². The summed E-state index contributed by atoms with van der Waals surface area (Å²) in [7, 11) is 1.56. The normalized spacial score (nSPS) is 10.3. The maximum absolute atomic E-state index is 13.0. The molecule has 0 radical (unpaired) electrons. The number of aldehydes is 1. The highest BCUT2D eigenvalue weighted by Crippen LogP contribution is 2.29. The molecule has 0 saturated heterocycles. The van der Waals surface area contributed by atoms with Crippen LogP contribution >= 0.6 is 15.9 Å². The first-order valence-corrected chi connectivity index (χ1v) is 5.62. The van der Waals surface area contributed by atoms with Crippen molar-refractivity contribution in [3.05, 3.63) is 28.0 Å². The first-order valence-electron chi connectivity index (χ1n) is 4.82. The Labute approximate surface area is 107 Å². The number of hydrogen-bond acceptors (Lipinski definition) is 4. The predicted octanol–water partition coefficient (Wildman–Crippen LogP) is 2.40. The van der Waals surface area contributed by atoms with Gasteiger partial charge in [-0.05, 0) is 28.1 Å². The van der Waals surface area contributed by atoms with E-state index in [-0.39, 0.29) is 18.1 Å². The number of ether oxygens (including phenoxy) is 3. The monoisotopic (exact) mass is 306 g/mol. The molecule has 0 atom stereocenters. The van der Waals surface area contributed by atoms with Gasteiger partial charge in [0.25, 0.3) is 0 Å². The van der Waals surface area contributed by atoms with Gasteiger partial charge in [0.2, 0.25) is 0 Å². The minimum atomic E-state index is -0.508. The van der Waals surface area contributed by atoms with Crippen molar-refractivity contribution in [2.24, 2.45) is 0 Å². The zero-order valence-electron chi connectivity index (χ0n) is 9.24. The van der Waals surface area contributed by atoms with Gasteiger partial charge in [-0.3, -0.25) is 4.79 Å². The molecule has 0 aliphatic rings. The summed E-state index contributed by atoms with van der Waals surface area (Å²) in [6, 6.07) is 2.32. The Balaban J connectivity index is 2.60. The Hall–Kier alpha value is -0.980. The molecular weight excluding hydrogens is 295 g/mol. The average molecular weight is 307 g/mol. The van der Waals surface area contributed by atoms with Gasteiger partial charge >= 0.3 is 0 Å². The van der Waals surface area contributed by atoms with Crippen LogP contribution in [0.5, 0.6) is 5.75 Å². The molecular formula is C11H12BrFO4. The summed E-state index contributed by atoms with van der Waals surface area (Å²) in [5, 5.41) is 0. The van der Waals surface area contributed by atoms with Crippen molar-refractivity contribution >= 4 is 22.2 Å².